The minimum absolute atomic E-state index is 0.129. The fraction of sp³-hybridized carbons (Fsp3) is 0.804. The Balaban J connectivity index is 3.84. The molecule has 0 aliphatic heterocycles. The third-order valence-corrected chi connectivity index (χ3v) is 10.8. The number of carbonyl (C=O) groups excluding carboxylic acids is 2. The number of hydrogen-bond donors (Lipinski definition) is 4. The lowest BCUT2D eigenvalue weighted by Gasteiger charge is -2.18. The van der Waals surface area contributed by atoms with Gasteiger partial charge in [0.25, 0.3) is 0 Å². The number of aliphatic carboxylic acids is 1. The minimum Gasteiger partial charge on any atom is -0.480 e. The van der Waals surface area contributed by atoms with E-state index in [2.05, 4.69) is 55.6 Å². The number of amides is 1. The van der Waals surface area contributed by atoms with Crippen LogP contribution in [0.2, 0.25) is 0 Å². The standard InChI is InChI=1S/C46H84NO10P/c1-3-5-7-9-11-13-15-17-18-19-20-21-22-23-24-26-28-30-32-34-36-38-45(50)55-39-42(48)40-56-58(53,54)57-41-43(46(51)52)47-44(49)37-35-33-31-29-27-25-16-14-12-10-8-6-4-2/h8,10,14,16-18,42-43,48H,3-7,9,11-13,15,19-41H2,1-2H3,(H,47,49)(H,51,52)(H,53,54)/b10-8-,16-14-,18-17+. The minimum atomic E-state index is -4.76. The van der Waals surface area contributed by atoms with Gasteiger partial charge in [-0.1, -0.05) is 166 Å². The van der Waals surface area contributed by atoms with E-state index >= 15 is 0 Å². The van der Waals surface area contributed by atoms with Gasteiger partial charge in [-0.3, -0.25) is 18.6 Å². The molecule has 3 atom stereocenters. The molecule has 0 aliphatic carbocycles. The second kappa shape index (κ2) is 41.4. The summed E-state index contributed by atoms with van der Waals surface area (Å²) in [5.41, 5.74) is 0. The molecule has 0 heterocycles. The third-order valence-electron chi connectivity index (χ3n) is 9.88. The van der Waals surface area contributed by atoms with E-state index in [-0.39, 0.29) is 12.8 Å². The van der Waals surface area contributed by atoms with Crippen LogP contribution in [-0.4, -0.2) is 64.9 Å². The number of unbranched alkanes of at least 4 members (excludes halogenated alkanes) is 23. The van der Waals surface area contributed by atoms with Crippen LogP contribution in [0.5, 0.6) is 0 Å². The fourth-order valence-electron chi connectivity index (χ4n) is 6.29. The number of aliphatic hydroxyl groups excluding tert-OH is 1. The number of hydrogen-bond acceptors (Lipinski definition) is 8. The van der Waals surface area contributed by atoms with Gasteiger partial charge in [0.05, 0.1) is 13.2 Å². The Labute approximate surface area is 352 Å². The van der Waals surface area contributed by atoms with E-state index in [1.807, 2.05) is 0 Å². The van der Waals surface area contributed by atoms with Crippen LogP contribution in [0.3, 0.4) is 0 Å². The molecule has 0 spiro atoms. The number of aliphatic hydroxyl groups is 1. The first-order valence-corrected chi connectivity index (χ1v) is 24.5. The van der Waals surface area contributed by atoms with Crippen LogP contribution < -0.4 is 5.32 Å². The summed E-state index contributed by atoms with van der Waals surface area (Å²) >= 11 is 0. The van der Waals surface area contributed by atoms with Crippen molar-refractivity contribution in [2.24, 2.45) is 0 Å². The molecule has 3 unspecified atom stereocenters. The summed E-state index contributed by atoms with van der Waals surface area (Å²) in [5, 5.41) is 21.8. The molecule has 0 saturated carbocycles. The van der Waals surface area contributed by atoms with Gasteiger partial charge in [0.2, 0.25) is 5.91 Å². The molecular formula is C46H84NO10P. The van der Waals surface area contributed by atoms with Gasteiger partial charge in [0, 0.05) is 12.8 Å². The Hall–Kier alpha value is -2.30. The summed E-state index contributed by atoms with van der Waals surface area (Å²) in [5.74, 6) is -2.39. The Morgan fingerprint density at radius 1 is 0.552 bits per heavy atom. The molecule has 0 aliphatic rings. The lowest BCUT2D eigenvalue weighted by molar-refractivity contribution is -0.147. The molecule has 12 heteroatoms. The number of phosphoric ester groups is 1. The lowest BCUT2D eigenvalue weighted by atomic mass is 10.0. The molecule has 0 aromatic carbocycles. The summed E-state index contributed by atoms with van der Waals surface area (Å²) in [6, 6.07) is -1.55. The molecule has 0 radical (unpaired) electrons. The number of phosphoric acid groups is 1. The number of rotatable bonds is 43. The van der Waals surface area contributed by atoms with E-state index < -0.39 is 57.6 Å². The summed E-state index contributed by atoms with van der Waals surface area (Å²) in [7, 11) is -4.76. The van der Waals surface area contributed by atoms with Crippen LogP contribution in [0.25, 0.3) is 0 Å². The van der Waals surface area contributed by atoms with Crippen molar-refractivity contribution < 1.29 is 47.8 Å². The van der Waals surface area contributed by atoms with Crippen molar-refractivity contribution in [2.75, 3.05) is 19.8 Å². The van der Waals surface area contributed by atoms with E-state index in [1.54, 1.807) is 0 Å². The average Bonchev–Trinajstić information content (AvgIpc) is 3.20. The van der Waals surface area contributed by atoms with Gasteiger partial charge in [-0.2, -0.15) is 0 Å². The zero-order chi connectivity index (χ0) is 42.8. The molecule has 0 fully saturated rings. The lowest BCUT2D eigenvalue weighted by Crippen LogP contribution is -2.43. The molecule has 0 rings (SSSR count). The highest BCUT2D eigenvalue weighted by molar-refractivity contribution is 7.47. The van der Waals surface area contributed by atoms with Gasteiger partial charge in [-0.25, -0.2) is 9.36 Å². The SMILES string of the molecule is CCC/C=C\C/C=C\CCCCCCCC(=O)NC(COP(=O)(O)OCC(O)COC(=O)CCCCCCCCCCCCC/C=C/CCCCCCCC)C(=O)O. The predicted molar refractivity (Wildman–Crippen MR) is 236 cm³/mol. The number of ether oxygens (including phenoxy) is 1. The van der Waals surface area contributed by atoms with Gasteiger partial charge >= 0.3 is 19.8 Å². The molecule has 0 aromatic rings. The second-order valence-electron chi connectivity index (χ2n) is 15.6. The third kappa shape index (κ3) is 40.5. The first-order valence-electron chi connectivity index (χ1n) is 23.0. The van der Waals surface area contributed by atoms with Gasteiger partial charge in [0.1, 0.15) is 12.7 Å². The number of esters is 1. The van der Waals surface area contributed by atoms with Crippen LogP contribution in [-0.2, 0) is 32.7 Å². The van der Waals surface area contributed by atoms with Crippen LogP contribution >= 0.6 is 7.82 Å². The van der Waals surface area contributed by atoms with Crippen molar-refractivity contribution in [1.82, 2.24) is 5.32 Å². The number of nitrogens with one attached hydrogen (secondary N) is 1. The van der Waals surface area contributed by atoms with E-state index in [9.17, 15) is 34.1 Å². The summed E-state index contributed by atoms with van der Waals surface area (Å²) in [6.45, 7) is 2.52. The first kappa shape index (κ1) is 55.7. The predicted octanol–water partition coefficient (Wildman–Crippen LogP) is 12.0. The fourth-order valence-corrected chi connectivity index (χ4v) is 7.06. The zero-order valence-corrected chi connectivity index (χ0v) is 37.5. The Bertz CT molecular complexity index is 1130. The molecule has 11 nitrogen and oxygen atoms in total. The highest BCUT2D eigenvalue weighted by atomic mass is 31.2. The van der Waals surface area contributed by atoms with Crippen molar-refractivity contribution in [3.63, 3.8) is 0 Å². The number of allylic oxidation sites excluding steroid dienone is 6. The molecular weight excluding hydrogens is 757 g/mol. The maximum absolute atomic E-state index is 12.3. The number of carboxylic acid groups (broad SMARTS) is 1. The Kier molecular flexibility index (Phi) is 39.8. The van der Waals surface area contributed by atoms with E-state index in [0.717, 1.165) is 70.6 Å². The quantitative estimate of drug-likeness (QED) is 0.0201. The van der Waals surface area contributed by atoms with Crippen LogP contribution in [0.15, 0.2) is 36.5 Å². The van der Waals surface area contributed by atoms with Crippen molar-refractivity contribution >= 4 is 25.7 Å². The molecule has 338 valence electrons. The zero-order valence-electron chi connectivity index (χ0n) is 36.6. The van der Waals surface area contributed by atoms with Gasteiger partial charge in [-0.05, 0) is 64.2 Å². The molecule has 0 aromatic heterocycles. The highest BCUT2D eigenvalue weighted by Crippen LogP contribution is 2.43. The second-order valence-corrected chi connectivity index (χ2v) is 17.0. The molecule has 1 amide bonds. The maximum Gasteiger partial charge on any atom is 0.472 e. The van der Waals surface area contributed by atoms with Crippen molar-refractivity contribution in [3.8, 4) is 0 Å². The summed E-state index contributed by atoms with van der Waals surface area (Å²) < 4.78 is 26.8. The first-order chi connectivity index (χ1) is 28.1. The van der Waals surface area contributed by atoms with Crippen molar-refractivity contribution in [1.29, 1.82) is 0 Å². The normalized spacial score (nSPS) is 14.0. The van der Waals surface area contributed by atoms with Crippen molar-refractivity contribution in [3.05, 3.63) is 36.5 Å². The van der Waals surface area contributed by atoms with Crippen LogP contribution in [0.4, 0.5) is 0 Å². The molecule has 58 heavy (non-hydrogen) atoms. The highest BCUT2D eigenvalue weighted by Gasteiger charge is 2.28. The largest absolute Gasteiger partial charge is 0.480 e. The molecule has 0 bridgehead atoms. The monoisotopic (exact) mass is 842 g/mol. The number of carbonyl (C=O) groups is 3. The van der Waals surface area contributed by atoms with E-state index in [4.69, 9.17) is 13.8 Å². The van der Waals surface area contributed by atoms with E-state index in [1.165, 1.54) is 96.3 Å². The van der Waals surface area contributed by atoms with E-state index in [0.29, 0.717) is 12.8 Å². The Morgan fingerprint density at radius 2 is 0.983 bits per heavy atom. The van der Waals surface area contributed by atoms with Crippen LogP contribution in [0.1, 0.15) is 206 Å². The van der Waals surface area contributed by atoms with Crippen molar-refractivity contribution in [2.45, 2.75) is 219 Å². The van der Waals surface area contributed by atoms with Crippen LogP contribution in [0, 0.1) is 0 Å². The van der Waals surface area contributed by atoms with Gasteiger partial charge < -0.3 is 25.2 Å². The Morgan fingerprint density at radius 3 is 1.48 bits per heavy atom. The molecule has 0 saturated heterocycles. The topological polar surface area (TPSA) is 169 Å². The number of carboxylic acids is 1. The average molecular weight is 842 g/mol. The summed E-state index contributed by atoms with van der Waals surface area (Å²) in [4.78, 5) is 45.9. The smallest absolute Gasteiger partial charge is 0.472 e. The van der Waals surface area contributed by atoms with Gasteiger partial charge in [-0.15, -0.1) is 0 Å². The molecule has 4 N–H and O–H groups in total. The van der Waals surface area contributed by atoms with Gasteiger partial charge in [0.15, 0.2) is 6.04 Å². The maximum atomic E-state index is 12.3. The summed E-state index contributed by atoms with van der Waals surface area (Å²) in [6.07, 6.45) is 44.6.